The Bertz CT molecular complexity index is 1030. The van der Waals surface area contributed by atoms with Crippen molar-refractivity contribution in [1.29, 1.82) is 5.26 Å². The smallest absolute Gasteiger partial charge is 0.256 e. The Kier molecular flexibility index (Phi) is 6.52. The third-order valence-electron chi connectivity index (χ3n) is 4.76. The van der Waals surface area contributed by atoms with E-state index in [2.05, 4.69) is 42.9 Å². The second-order valence-corrected chi connectivity index (χ2v) is 7.70. The first-order valence-electron chi connectivity index (χ1n) is 9.30. The maximum absolute atomic E-state index is 12.6. The number of carbonyl (C=O) groups excluding carboxylic acids is 2. The van der Waals surface area contributed by atoms with Crippen molar-refractivity contribution in [1.82, 2.24) is 15.6 Å². The molecule has 1 aromatic carbocycles. The van der Waals surface area contributed by atoms with Crippen molar-refractivity contribution in [3.05, 3.63) is 50.8 Å². The first-order chi connectivity index (χ1) is 13.9. The summed E-state index contributed by atoms with van der Waals surface area (Å²) in [7, 11) is 0. The van der Waals surface area contributed by atoms with Gasteiger partial charge in [0.05, 0.1) is 17.2 Å². The Morgan fingerprint density at radius 1 is 1.28 bits per heavy atom. The number of aromatic nitrogens is 1. The van der Waals surface area contributed by atoms with Gasteiger partial charge in [0.2, 0.25) is 0 Å². The lowest BCUT2D eigenvalue weighted by Gasteiger charge is -2.06. The highest BCUT2D eigenvalue weighted by Gasteiger charge is 2.25. The molecule has 7 nitrogen and oxygen atoms in total. The number of H-pyrrole nitrogens is 1. The molecule has 2 heterocycles. The standard InChI is InChI=1S/C21H22BrN5O2/c1-12-18(11-16-15-10-14(22)4-5-17(15)27-20(16)28)26-13(2)19(12)21(29)25-9-8-24-7-3-6-23/h4-5,10-11,24,26H,3,7-9H2,1-2H3,(H,25,29)(H,27,28)/b16-11-. The van der Waals surface area contributed by atoms with Gasteiger partial charge in [0.25, 0.3) is 11.8 Å². The largest absolute Gasteiger partial charge is 0.358 e. The zero-order chi connectivity index (χ0) is 21.0. The van der Waals surface area contributed by atoms with Crippen LogP contribution in [0.25, 0.3) is 11.6 Å². The van der Waals surface area contributed by atoms with E-state index in [1.807, 2.05) is 32.0 Å². The number of benzene rings is 1. The van der Waals surface area contributed by atoms with Crippen LogP contribution in [0.5, 0.6) is 0 Å². The maximum Gasteiger partial charge on any atom is 0.256 e. The van der Waals surface area contributed by atoms with Gasteiger partial charge in [0, 0.05) is 53.2 Å². The highest BCUT2D eigenvalue weighted by Crippen LogP contribution is 2.35. The van der Waals surface area contributed by atoms with E-state index in [0.717, 1.165) is 32.7 Å². The fourth-order valence-electron chi connectivity index (χ4n) is 3.33. The number of nitrogens with zero attached hydrogens (tertiary/aromatic N) is 1. The lowest BCUT2D eigenvalue weighted by Crippen LogP contribution is -2.32. The van der Waals surface area contributed by atoms with Gasteiger partial charge in [-0.15, -0.1) is 0 Å². The summed E-state index contributed by atoms with van der Waals surface area (Å²) in [5.74, 6) is -0.332. The minimum atomic E-state index is -0.167. The minimum absolute atomic E-state index is 0.165. The number of aryl methyl sites for hydroxylation is 1. The Morgan fingerprint density at radius 3 is 2.83 bits per heavy atom. The number of rotatable bonds is 7. The quantitative estimate of drug-likeness (QED) is 0.379. The van der Waals surface area contributed by atoms with Gasteiger partial charge in [-0.3, -0.25) is 9.59 Å². The molecule has 8 heteroatoms. The molecule has 0 unspecified atom stereocenters. The van der Waals surface area contributed by atoms with Crippen LogP contribution < -0.4 is 16.0 Å². The van der Waals surface area contributed by atoms with Crippen LogP contribution in [0.1, 0.15) is 39.3 Å². The lowest BCUT2D eigenvalue weighted by molar-refractivity contribution is -0.110. The average Bonchev–Trinajstić information content (AvgIpc) is 3.14. The average molecular weight is 456 g/mol. The van der Waals surface area contributed by atoms with E-state index in [1.165, 1.54) is 0 Å². The SMILES string of the molecule is Cc1[nH]c(/C=C2\C(=O)Nc3ccc(Br)cc32)c(C)c1C(=O)NCCNCCC#N. The predicted molar refractivity (Wildman–Crippen MR) is 116 cm³/mol. The number of fused-ring (bicyclic) bond motifs is 1. The van der Waals surface area contributed by atoms with Crippen LogP contribution in [0.2, 0.25) is 0 Å². The predicted octanol–water partition coefficient (Wildman–Crippen LogP) is 3.12. The maximum atomic E-state index is 12.6. The van der Waals surface area contributed by atoms with Gasteiger partial charge < -0.3 is 20.9 Å². The second kappa shape index (κ2) is 9.07. The molecule has 29 heavy (non-hydrogen) atoms. The van der Waals surface area contributed by atoms with Crippen LogP contribution in [0, 0.1) is 25.2 Å². The molecule has 150 valence electrons. The van der Waals surface area contributed by atoms with Gasteiger partial charge in [0.1, 0.15) is 0 Å². The number of amides is 2. The molecule has 1 aromatic heterocycles. The minimum Gasteiger partial charge on any atom is -0.358 e. The highest BCUT2D eigenvalue weighted by molar-refractivity contribution is 9.10. The van der Waals surface area contributed by atoms with Crippen molar-refractivity contribution in [2.45, 2.75) is 20.3 Å². The fraction of sp³-hybridized carbons (Fsp3) is 0.286. The zero-order valence-corrected chi connectivity index (χ0v) is 17.9. The number of nitrogens with one attached hydrogen (secondary N) is 4. The number of anilines is 1. The van der Waals surface area contributed by atoms with Crippen LogP contribution >= 0.6 is 15.9 Å². The topological polar surface area (TPSA) is 110 Å². The Balaban J connectivity index is 1.78. The first kappa shape index (κ1) is 20.8. The van der Waals surface area contributed by atoms with E-state index in [-0.39, 0.29) is 11.8 Å². The molecule has 0 atom stereocenters. The van der Waals surface area contributed by atoms with Gasteiger partial charge in [-0.25, -0.2) is 0 Å². The van der Waals surface area contributed by atoms with E-state index < -0.39 is 0 Å². The lowest BCUT2D eigenvalue weighted by atomic mass is 10.0. The summed E-state index contributed by atoms with van der Waals surface area (Å²) in [5, 5.41) is 17.4. The Labute approximate surface area is 177 Å². The summed E-state index contributed by atoms with van der Waals surface area (Å²) in [6, 6.07) is 7.70. The molecule has 0 saturated carbocycles. The third kappa shape index (κ3) is 4.58. The van der Waals surface area contributed by atoms with E-state index in [0.29, 0.717) is 37.2 Å². The van der Waals surface area contributed by atoms with Gasteiger partial charge in [0.15, 0.2) is 0 Å². The molecule has 3 rings (SSSR count). The monoisotopic (exact) mass is 455 g/mol. The van der Waals surface area contributed by atoms with Crippen LogP contribution in [0.3, 0.4) is 0 Å². The molecular formula is C21H22BrN5O2. The number of nitriles is 1. The van der Waals surface area contributed by atoms with E-state index in [4.69, 9.17) is 5.26 Å². The van der Waals surface area contributed by atoms with Crippen molar-refractivity contribution < 1.29 is 9.59 Å². The summed E-state index contributed by atoms with van der Waals surface area (Å²) >= 11 is 3.44. The van der Waals surface area contributed by atoms with E-state index in [1.54, 1.807) is 6.08 Å². The molecule has 0 bridgehead atoms. The molecule has 2 amide bonds. The van der Waals surface area contributed by atoms with Crippen LogP contribution in [-0.4, -0.2) is 36.4 Å². The molecule has 1 aliphatic heterocycles. The molecule has 0 radical (unpaired) electrons. The molecule has 0 spiro atoms. The Morgan fingerprint density at radius 2 is 2.07 bits per heavy atom. The number of carbonyl (C=O) groups is 2. The van der Waals surface area contributed by atoms with Gasteiger partial charge in [-0.05, 0) is 43.7 Å². The van der Waals surface area contributed by atoms with Gasteiger partial charge >= 0.3 is 0 Å². The highest BCUT2D eigenvalue weighted by atomic mass is 79.9. The first-order valence-corrected chi connectivity index (χ1v) is 10.1. The molecular weight excluding hydrogens is 434 g/mol. The van der Waals surface area contributed by atoms with Gasteiger partial charge in [-0.1, -0.05) is 15.9 Å². The molecule has 1 aliphatic rings. The number of aromatic amines is 1. The Hall–Kier alpha value is -2.89. The van der Waals surface area contributed by atoms with E-state index in [9.17, 15) is 9.59 Å². The molecule has 0 fully saturated rings. The van der Waals surface area contributed by atoms with Crippen LogP contribution in [0.15, 0.2) is 22.7 Å². The van der Waals surface area contributed by atoms with Crippen molar-refractivity contribution in [3.8, 4) is 6.07 Å². The molecule has 0 aliphatic carbocycles. The summed E-state index contributed by atoms with van der Waals surface area (Å²) < 4.78 is 0.890. The van der Waals surface area contributed by atoms with Crippen LogP contribution in [0.4, 0.5) is 5.69 Å². The number of hydrogen-bond acceptors (Lipinski definition) is 4. The number of hydrogen-bond donors (Lipinski definition) is 4. The second-order valence-electron chi connectivity index (χ2n) is 6.78. The third-order valence-corrected chi connectivity index (χ3v) is 5.25. The van der Waals surface area contributed by atoms with Crippen molar-refractivity contribution >= 4 is 45.1 Å². The van der Waals surface area contributed by atoms with E-state index >= 15 is 0 Å². The fourth-order valence-corrected chi connectivity index (χ4v) is 3.69. The summed E-state index contributed by atoms with van der Waals surface area (Å²) in [5.41, 5.74) is 5.01. The number of halogens is 1. The molecule has 4 N–H and O–H groups in total. The van der Waals surface area contributed by atoms with Crippen molar-refractivity contribution in [2.75, 3.05) is 25.0 Å². The van der Waals surface area contributed by atoms with Crippen molar-refractivity contribution in [3.63, 3.8) is 0 Å². The molecule has 2 aromatic rings. The van der Waals surface area contributed by atoms with Gasteiger partial charge in [-0.2, -0.15) is 5.26 Å². The summed E-state index contributed by atoms with van der Waals surface area (Å²) in [6.07, 6.45) is 2.23. The molecule has 0 saturated heterocycles. The zero-order valence-electron chi connectivity index (χ0n) is 16.3. The van der Waals surface area contributed by atoms with Crippen LogP contribution in [-0.2, 0) is 4.79 Å². The summed E-state index contributed by atoms with van der Waals surface area (Å²) in [6.45, 7) is 5.37. The van der Waals surface area contributed by atoms with Crippen molar-refractivity contribution in [2.24, 2.45) is 0 Å². The summed E-state index contributed by atoms with van der Waals surface area (Å²) in [4.78, 5) is 28.3. The normalized spacial score (nSPS) is 13.9.